The van der Waals surface area contributed by atoms with E-state index in [0.29, 0.717) is 28.4 Å². The number of alkyl halides is 3. The molecule has 4 aliphatic rings. The van der Waals surface area contributed by atoms with Crippen LogP contribution in [0.15, 0.2) is 59.5 Å². The van der Waals surface area contributed by atoms with Crippen molar-refractivity contribution in [3.63, 3.8) is 0 Å². The second-order valence-corrected chi connectivity index (χ2v) is 11.6. The summed E-state index contributed by atoms with van der Waals surface area (Å²) in [6.07, 6.45) is 4.04. The molecule has 3 aliphatic carbocycles. The molecule has 1 aromatic carbocycles. The molecule has 7 nitrogen and oxygen atoms in total. The van der Waals surface area contributed by atoms with E-state index in [-0.39, 0.29) is 51.9 Å². The Hall–Kier alpha value is -3.86. The minimum atomic E-state index is -4.54. The molecule has 2 saturated carbocycles. The number of hydrogen-bond donors (Lipinski definition) is 3. The summed E-state index contributed by atoms with van der Waals surface area (Å²) in [4.78, 5) is 18.1. The van der Waals surface area contributed by atoms with Gasteiger partial charge in [-0.15, -0.1) is 0 Å². The molecule has 6 rings (SSSR count). The lowest BCUT2D eigenvalue weighted by Gasteiger charge is -2.21. The summed E-state index contributed by atoms with van der Waals surface area (Å²) in [7, 11) is 1.43. The number of benzene rings is 1. The number of allylic oxidation sites excluding steroid dienone is 2. The van der Waals surface area contributed by atoms with Crippen LogP contribution >= 0.6 is 11.6 Å². The minimum absolute atomic E-state index is 0.00139. The zero-order valence-electron chi connectivity index (χ0n) is 23.2. The average molecular weight is 617 g/mol. The SMILES string of the molecule is COC1=CC(C(=O)NC[C@H](c2cc3c(c(-c4ccc(F)c(Cl)c4)n2)OCC3C(F)(F)F)C2CC2)=C/C(=C/NC2CC2)C1=N. The second kappa shape index (κ2) is 11.3. The topological polar surface area (TPSA) is 96.3 Å². The van der Waals surface area contributed by atoms with Crippen molar-refractivity contribution in [2.24, 2.45) is 5.92 Å². The van der Waals surface area contributed by atoms with Gasteiger partial charge in [-0.05, 0) is 68.0 Å². The van der Waals surface area contributed by atoms with E-state index in [1.165, 1.54) is 31.4 Å². The smallest absolute Gasteiger partial charge is 0.399 e. The first kappa shape index (κ1) is 29.2. The van der Waals surface area contributed by atoms with Crippen LogP contribution in [-0.2, 0) is 9.53 Å². The van der Waals surface area contributed by atoms with Crippen molar-refractivity contribution < 1.29 is 31.8 Å². The van der Waals surface area contributed by atoms with E-state index >= 15 is 0 Å². The number of fused-ring (bicyclic) bond motifs is 1. The van der Waals surface area contributed by atoms with E-state index < -0.39 is 30.4 Å². The van der Waals surface area contributed by atoms with Crippen LogP contribution in [0.2, 0.25) is 5.02 Å². The van der Waals surface area contributed by atoms with Gasteiger partial charge in [0.2, 0.25) is 0 Å². The lowest BCUT2D eigenvalue weighted by Crippen LogP contribution is -2.31. The normalized spacial score (nSPS) is 21.5. The Balaban J connectivity index is 1.31. The highest BCUT2D eigenvalue weighted by Gasteiger charge is 2.48. The van der Waals surface area contributed by atoms with Gasteiger partial charge in [0.15, 0.2) is 0 Å². The molecular weight excluding hydrogens is 588 g/mol. The average Bonchev–Trinajstić information content (AvgIpc) is 3.91. The Morgan fingerprint density at radius 2 is 2.00 bits per heavy atom. The van der Waals surface area contributed by atoms with Crippen molar-refractivity contribution in [1.29, 1.82) is 5.41 Å². The maximum Gasteiger partial charge on any atom is 0.399 e. The van der Waals surface area contributed by atoms with Crippen molar-refractivity contribution >= 4 is 23.2 Å². The van der Waals surface area contributed by atoms with Crippen LogP contribution in [-0.4, -0.2) is 49.1 Å². The summed E-state index contributed by atoms with van der Waals surface area (Å²) in [6.45, 7) is -0.458. The summed E-state index contributed by atoms with van der Waals surface area (Å²) in [5, 5.41) is 14.3. The van der Waals surface area contributed by atoms with Crippen LogP contribution in [0, 0.1) is 17.1 Å². The number of halogens is 5. The molecule has 1 unspecified atom stereocenters. The molecule has 0 bridgehead atoms. The van der Waals surface area contributed by atoms with Crippen molar-refractivity contribution in [2.75, 3.05) is 20.3 Å². The van der Waals surface area contributed by atoms with Crippen molar-refractivity contribution in [1.82, 2.24) is 15.6 Å². The van der Waals surface area contributed by atoms with Gasteiger partial charge in [0.25, 0.3) is 5.91 Å². The quantitative estimate of drug-likeness (QED) is 0.287. The third-order valence-electron chi connectivity index (χ3n) is 8.10. The first-order valence-corrected chi connectivity index (χ1v) is 14.4. The molecule has 0 saturated heterocycles. The highest BCUT2D eigenvalue weighted by Crippen LogP contribution is 2.50. The Morgan fingerprint density at radius 1 is 1.23 bits per heavy atom. The Morgan fingerprint density at radius 3 is 2.65 bits per heavy atom. The third-order valence-corrected chi connectivity index (χ3v) is 8.39. The number of nitrogens with zero attached hydrogens (tertiary/aromatic N) is 1. The van der Waals surface area contributed by atoms with E-state index in [1.807, 2.05) is 0 Å². The molecule has 0 spiro atoms. The summed E-state index contributed by atoms with van der Waals surface area (Å²) in [5.74, 6) is -2.94. The molecule has 2 fully saturated rings. The zero-order valence-corrected chi connectivity index (χ0v) is 23.9. The first-order chi connectivity index (χ1) is 20.5. The molecule has 1 aliphatic heterocycles. The molecule has 2 heterocycles. The second-order valence-electron chi connectivity index (χ2n) is 11.2. The summed E-state index contributed by atoms with van der Waals surface area (Å²) < 4.78 is 66.8. The molecule has 226 valence electrons. The van der Waals surface area contributed by atoms with Crippen LogP contribution in [0.25, 0.3) is 11.3 Å². The summed E-state index contributed by atoms with van der Waals surface area (Å²) >= 11 is 6.00. The van der Waals surface area contributed by atoms with Gasteiger partial charge in [-0.25, -0.2) is 9.37 Å². The number of pyridine rings is 1. The number of carbonyl (C=O) groups excluding carboxylic acids is 1. The maximum atomic E-state index is 14.0. The van der Waals surface area contributed by atoms with Gasteiger partial charge in [-0.3, -0.25) is 10.2 Å². The lowest BCUT2D eigenvalue weighted by molar-refractivity contribution is -0.151. The van der Waals surface area contributed by atoms with Gasteiger partial charge in [-0.1, -0.05) is 11.6 Å². The minimum Gasteiger partial charge on any atom is -0.494 e. The Labute approximate surface area is 250 Å². The van der Waals surface area contributed by atoms with Gasteiger partial charge < -0.3 is 20.1 Å². The monoisotopic (exact) mass is 616 g/mol. The van der Waals surface area contributed by atoms with E-state index in [4.69, 9.17) is 31.5 Å². The molecule has 43 heavy (non-hydrogen) atoms. The fourth-order valence-electron chi connectivity index (χ4n) is 5.36. The summed E-state index contributed by atoms with van der Waals surface area (Å²) in [6, 6.07) is 5.65. The van der Waals surface area contributed by atoms with E-state index in [2.05, 4.69) is 10.6 Å². The lowest BCUT2D eigenvalue weighted by atomic mass is 9.92. The number of ether oxygens (including phenoxy) is 2. The van der Waals surface area contributed by atoms with Crippen molar-refractivity contribution in [3.8, 4) is 17.0 Å². The van der Waals surface area contributed by atoms with Crippen LogP contribution < -0.4 is 15.4 Å². The number of methoxy groups -OCH3 is 1. The fraction of sp³-hybridized carbons (Fsp3) is 0.387. The third kappa shape index (κ3) is 6.13. The molecule has 2 aromatic rings. The number of nitrogens with one attached hydrogen (secondary N) is 3. The van der Waals surface area contributed by atoms with Crippen molar-refractivity contribution in [2.45, 2.75) is 49.7 Å². The molecule has 0 radical (unpaired) electrons. The molecular formula is C31H29ClF4N4O3. The van der Waals surface area contributed by atoms with Gasteiger partial charge in [0, 0.05) is 52.7 Å². The standard InChI is InChI=1S/C31H29ClF4N4O3/c1-42-26-10-17(8-18(27(26)37)12-38-19-5-6-19)30(41)39-13-21(15-2-3-15)25-11-20-22(31(34,35)36)14-43-29(20)28(40-25)16-4-7-24(33)23(32)9-16/h4,7-12,15,19,21-22,37-38H,2-3,5-6,13-14H2,1H3,(H,39,41)/b18-12-,37-27?/t21-,22?/m0/s1. The van der Waals surface area contributed by atoms with E-state index in [9.17, 15) is 22.4 Å². The fourth-order valence-corrected chi connectivity index (χ4v) is 5.54. The highest BCUT2D eigenvalue weighted by molar-refractivity contribution is 6.31. The first-order valence-electron chi connectivity index (χ1n) is 14.0. The Kier molecular flexibility index (Phi) is 7.70. The van der Waals surface area contributed by atoms with Gasteiger partial charge in [0.1, 0.15) is 41.3 Å². The molecule has 2 atom stereocenters. The van der Waals surface area contributed by atoms with E-state index in [1.54, 1.807) is 12.3 Å². The van der Waals surface area contributed by atoms with Crippen LogP contribution in [0.1, 0.15) is 48.8 Å². The molecule has 12 heteroatoms. The van der Waals surface area contributed by atoms with Crippen LogP contribution in [0.3, 0.4) is 0 Å². The number of hydrogen-bond acceptors (Lipinski definition) is 6. The number of aromatic nitrogens is 1. The van der Waals surface area contributed by atoms with Crippen LogP contribution in [0.5, 0.6) is 5.75 Å². The Bertz CT molecular complexity index is 1580. The van der Waals surface area contributed by atoms with E-state index in [0.717, 1.165) is 31.7 Å². The van der Waals surface area contributed by atoms with Crippen molar-refractivity contribution in [3.05, 3.63) is 81.6 Å². The highest BCUT2D eigenvalue weighted by atomic mass is 35.5. The number of carbonyl (C=O) groups is 1. The number of amides is 1. The molecule has 1 amide bonds. The predicted octanol–water partition coefficient (Wildman–Crippen LogP) is 6.32. The molecule has 3 N–H and O–H groups in total. The molecule has 1 aromatic heterocycles. The van der Waals surface area contributed by atoms with Crippen LogP contribution in [0.4, 0.5) is 17.6 Å². The van der Waals surface area contributed by atoms with Gasteiger partial charge in [0.05, 0.1) is 12.1 Å². The maximum absolute atomic E-state index is 14.0. The van der Waals surface area contributed by atoms with Gasteiger partial charge in [-0.2, -0.15) is 13.2 Å². The largest absolute Gasteiger partial charge is 0.494 e. The predicted molar refractivity (Wildman–Crippen MR) is 153 cm³/mol. The summed E-state index contributed by atoms with van der Waals surface area (Å²) in [5.41, 5.74) is 1.79. The number of rotatable bonds is 9. The zero-order chi connectivity index (χ0) is 30.5. The van der Waals surface area contributed by atoms with Gasteiger partial charge >= 0.3 is 6.18 Å².